The van der Waals surface area contributed by atoms with Crippen molar-refractivity contribution in [2.75, 3.05) is 0 Å². The average Bonchev–Trinajstić information content (AvgIpc) is 2.61. The summed E-state index contributed by atoms with van der Waals surface area (Å²) in [7, 11) is 1.06. The lowest BCUT2D eigenvalue weighted by Crippen LogP contribution is -2.48. The Labute approximate surface area is 133 Å². The van der Waals surface area contributed by atoms with Crippen molar-refractivity contribution in [1.29, 1.82) is 0 Å². The van der Waals surface area contributed by atoms with Crippen LogP contribution in [0.3, 0.4) is 0 Å². The molecule has 0 nitrogen and oxygen atoms in total. The van der Waals surface area contributed by atoms with Crippen molar-refractivity contribution < 1.29 is 43.9 Å². The van der Waals surface area contributed by atoms with E-state index in [2.05, 4.69) is 6.42 Å². The molecule has 0 saturated carbocycles. The van der Waals surface area contributed by atoms with Gasteiger partial charge in [-0.05, 0) is 6.32 Å². The lowest BCUT2D eigenvalue weighted by Gasteiger charge is -2.27. The van der Waals surface area contributed by atoms with E-state index >= 15 is 0 Å². The SMILES string of the molecule is BCC(F)C(F)C(F)C(F)C(F)C(F)C(F)C(F)C(F)C(F)C#C. The second kappa shape index (κ2) is 10.0. The minimum atomic E-state index is -3.79. The van der Waals surface area contributed by atoms with Crippen LogP contribution in [0.25, 0.3) is 0 Å². The molecule has 0 radical (unpaired) electrons. The molecule has 0 rings (SSSR count). The van der Waals surface area contributed by atoms with Crippen LogP contribution >= 0.6 is 0 Å². The van der Waals surface area contributed by atoms with E-state index in [0.29, 0.717) is 0 Å². The number of alkyl halides is 10. The van der Waals surface area contributed by atoms with Crippen LogP contribution in [0.4, 0.5) is 43.9 Å². The zero-order valence-electron chi connectivity index (χ0n) is 12.3. The average molecular weight is 372 g/mol. The van der Waals surface area contributed by atoms with Crippen LogP contribution in [0.15, 0.2) is 0 Å². The summed E-state index contributed by atoms with van der Waals surface area (Å²) in [6, 6.07) is 0. The third kappa shape index (κ3) is 5.48. The Morgan fingerprint density at radius 2 is 0.875 bits per heavy atom. The van der Waals surface area contributed by atoms with E-state index in [1.807, 2.05) is 0 Å². The number of hydrogen-bond donors (Lipinski definition) is 0. The molecule has 0 aliphatic carbocycles. The van der Waals surface area contributed by atoms with Gasteiger partial charge < -0.3 is 0 Å². The molecule has 0 N–H and O–H groups in total. The second-order valence-corrected chi connectivity index (χ2v) is 5.05. The molecule has 0 saturated heterocycles. The van der Waals surface area contributed by atoms with E-state index in [9.17, 15) is 43.9 Å². The van der Waals surface area contributed by atoms with Crippen LogP contribution in [0.5, 0.6) is 0 Å². The minimum absolute atomic E-state index is 0.601. The molecule has 0 aromatic heterocycles. The lowest BCUT2D eigenvalue weighted by molar-refractivity contribution is -0.0568. The summed E-state index contributed by atoms with van der Waals surface area (Å²) >= 11 is 0. The van der Waals surface area contributed by atoms with Gasteiger partial charge in [-0.3, -0.25) is 0 Å². The molecule has 0 fully saturated rings. The van der Waals surface area contributed by atoms with Gasteiger partial charge in [0.1, 0.15) is 14.0 Å². The van der Waals surface area contributed by atoms with Crippen LogP contribution < -0.4 is 0 Å². The first-order valence-corrected chi connectivity index (χ1v) is 6.87. The maximum absolute atomic E-state index is 13.4. The second-order valence-electron chi connectivity index (χ2n) is 5.05. The largest absolute Gasteiger partial charge is 0.245 e. The number of rotatable bonds is 10. The molecule has 24 heavy (non-hydrogen) atoms. The normalized spacial score (nSPS) is 24.5. The summed E-state index contributed by atoms with van der Waals surface area (Å²) in [5.41, 5.74) is 0. The third-order valence-electron chi connectivity index (χ3n) is 3.30. The Kier molecular flexibility index (Phi) is 9.59. The van der Waals surface area contributed by atoms with Crippen LogP contribution in [-0.2, 0) is 0 Å². The van der Waals surface area contributed by atoms with Gasteiger partial charge in [0.15, 0.2) is 55.5 Å². The monoisotopic (exact) mass is 372 g/mol. The summed E-state index contributed by atoms with van der Waals surface area (Å²) in [5.74, 6) is 1.05. The molecule has 0 aromatic carbocycles. The summed E-state index contributed by atoms with van der Waals surface area (Å²) in [4.78, 5) is 0. The zero-order chi connectivity index (χ0) is 19.2. The molecular weight excluding hydrogens is 357 g/mol. The summed E-state index contributed by atoms with van der Waals surface area (Å²) in [5, 5.41) is 0. The van der Waals surface area contributed by atoms with Crippen LogP contribution in [0, 0.1) is 12.3 Å². The van der Waals surface area contributed by atoms with Gasteiger partial charge in [0, 0.05) is 0 Å². The molecule has 0 amide bonds. The Bertz CT molecular complexity index is 405. The Morgan fingerprint density at radius 1 is 0.583 bits per heavy atom. The van der Waals surface area contributed by atoms with E-state index in [4.69, 9.17) is 0 Å². The molecule has 10 atom stereocenters. The first-order valence-electron chi connectivity index (χ1n) is 6.87. The molecule has 11 heteroatoms. The highest BCUT2D eigenvalue weighted by atomic mass is 19.2. The highest BCUT2D eigenvalue weighted by molar-refractivity contribution is 6.08. The van der Waals surface area contributed by atoms with Gasteiger partial charge in [-0.15, -0.1) is 6.42 Å². The minimum Gasteiger partial charge on any atom is -0.245 e. The van der Waals surface area contributed by atoms with Gasteiger partial charge in [-0.25, -0.2) is 43.9 Å². The number of hydrogen-bond acceptors (Lipinski definition) is 0. The van der Waals surface area contributed by atoms with Crippen molar-refractivity contribution in [3.05, 3.63) is 0 Å². The molecule has 0 bridgehead atoms. The fourth-order valence-corrected chi connectivity index (χ4v) is 1.73. The number of terminal acetylenes is 1. The van der Waals surface area contributed by atoms with Gasteiger partial charge in [0.25, 0.3) is 0 Å². The predicted octanol–water partition coefficient (Wildman–Crippen LogP) is 3.05. The fraction of sp³-hybridized carbons (Fsp3) is 0.846. The molecule has 0 aliphatic rings. The Balaban J connectivity index is 4.96. The lowest BCUT2D eigenvalue weighted by atomic mass is 9.92. The summed E-state index contributed by atoms with van der Waals surface area (Å²) in [6.45, 7) is 0. The van der Waals surface area contributed by atoms with E-state index in [1.54, 1.807) is 0 Å². The quantitative estimate of drug-likeness (QED) is 0.314. The number of halogens is 10. The van der Waals surface area contributed by atoms with E-state index in [0.717, 1.165) is 13.8 Å². The van der Waals surface area contributed by atoms with Gasteiger partial charge in [0.05, 0.1) is 0 Å². The molecule has 0 aromatic rings. The van der Waals surface area contributed by atoms with Crippen molar-refractivity contribution in [3.63, 3.8) is 0 Å². The smallest absolute Gasteiger partial charge is 0.194 e. The predicted molar refractivity (Wildman–Crippen MR) is 71.1 cm³/mol. The maximum Gasteiger partial charge on any atom is 0.194 e. The van der Waals surface area contributed by atoms with Crippen LogP contribution in [0.2, 0.25) is 6.32 Å². The summed E-state index contributed by atoms with van der Waals surface area (Å²) < 4.78 is 132. The molecule has 140 valence electrons. The maximum atomic E-state index is 13.4. The highest BCUT2D eigenvalue weighted by Gasteiger charge is 2.49. The van der Waals surface area contributed by atoms with Crippen molar-refractivity contribution in [2.45, 2.75) is 68.0 Å². The fourth-order valence-electron chi connectivity index (χ4n) is 1.73. The standard InChI is InChI=1S/C13H15BF10/c1-2-4(15)6(17)8(19)10(21)12(23)13(24)11(22)9(20)7(18)5(16)3-14/h1,4-13H,3,14H2. The van der Waals surface area contributed by atoms with Crippen LogP contribution in [-0.4, -0.2) is 69.6 Å². The van der Waals surface area contributed by atoms with Crippen molar-refractivity contribution in [3.8, 4) is 12.3 Å². The van der Waals surface area contributed by atoms with E-state index < -0.39 is 68.0 Å². The van der Waals surface area contributed by atoms with Gasteiger partial charge in [-0.2, -0.15) is 0 Å². The topological polar surface area (TPSA) is 0 Å². The molecule has 0 heterocycles. The molecule has 0 aliphatic heterocycles. The Morgan fingerprint density at radius 3 is 1.17 bits per heavy atom. The van der Waals surface area contributed by atoms with Crippen molar-refractivity contribution in [2.24, 2.45) is 0 Å². The van der Waals surface area contributed by atoms with Gasteiger partial charge in [0.2, 0.25) is 0 Å². The van der Waals surface area contributed by atoms with Crippen LogP contribution in [0.1, 0.15) is 0 Å². The highest BCUT2D eigenvalue weighted by Crippen LogP contribution is 2.29. The third-order valence-corrected chi connectivity index (χ3v) is 3.30. The Hall–Kier alpha value is -1.08. The van der Waals surface area contributed by atoms with Gasteiger partial charge >= 0.3 is 0 Å². The molecule has 0 spiro atoms. The van der Waals surface area contributed by atoms with Gasteiger partial charge in [-0.1, -0.05) is 5.92 Å². The van der Waals surface area contributed by atoms with E-state index in [1.165, 1.54) is 0 Å². The van der Waals surface area contributed by atoms with Crippen molar-refractivity contribution >= 4 is 7.85 Å². The van der Waals surface area contributed by atoms with E-state index in [-0.39, 0.29) is 0 Å². The van der Waals surface area contributed by atoms with Crippen molar-refractivity contribution in [1.82, 2.24) is 0 Å². The summed E-state index contributed by atoms with van der Waals surface area (Å²) in [6.07, 6.45) is -30.3. The molecule has 10 unspecified atom stereocenters. The molecular formula is C13H15BF10. The zero-order valence-corrected chi connectivity index (χ0v) is 12.3. The first kappa shape index (κ1) is 22.9. The first-order chi connectivity index (χ1) is 11.0.